The molecule has 9 heteroatoms. The van der Waals surface area contributed by atoms with Gasteiger partial charge in [-0.2, -0.15) is 4.31 Å². The van der Waals surface area contributed by atoms with E-state index in [1.54, 1.807) is 24.3 Å². The fourth-order valence-corrected chi connectivity index (χ4v) is 5.43. The number of nitrogens with one attached hydrogen (secondary N) is 1. The van der Waals surface area contributed by atoms with Crippen LogP contribution in [-0.4, -0.2) is 31.7 Å². The molecule has 3 rings (SSSR count). The number of halogens is 3. The molecule has 1 amide bonds. The first-order chi connectivity index (χ1) is 12.8. The summed E-state index contributed by atoms with van der Waals surface area (Å²) in [5.74, 6) is -0.747. The van der Waals surface area contributed by atoms with Gasteiger partial charge < -0.3 is 5.32 Å². The summed E-state index contributed by atoms with van der Waals surface area (Å²) >= 11 is 18.1. The zero-order valence-electron chi connectivity index (χ0n) is 14.2. The molecule has 1 N–H and O–H groups in total. The van der Waals surface area contributed by atoms with Crippen molar-refractivity contribution in [3.05, 3.63) is 57.5 Å². The summed E-state index contributed by atoms with van der Waals surface area (Å²) in [4.78, 5) is 12.6. The predicted octanol–water partition coefficient (Wildman–Crippen LogP) is 4.69. The van der Waals surface area contributed by atoms with Crippen molar-refractivity contribution < 1.29 is 13.2 Å². The van der Waals surface area contributed by atoms with Gasteiger partial charge in [0.1, 0.15) is 4.90 Å². The number of rotatable bonds is 4. The Bertz CT molecular complexity index is 966. The minimum absolute atomic E-state index is 0.0520. The lowest BCUT2D eigenvalue weighted by Crippen LogP contribution is -2.43. The second kappa shape index (κ2) is 8.37. The molecular weight excluding hydrogens is 431 g/mol. The lowest BCUT2D eigenvalue weighted by Gasteiger charge is -2.31. The van der Waals surface area contributed by atoms with Gasteiger partial charge in [0.15, 0.2) is 0 Å². The van der Waals surface area contributed by atoms with E-state index in [2.05, 4.69) is 5.32 Å². The molecule has 1 saturated heterocycles. The lowest BCUT2D eigenvalue weighted by atomic mass is 9.99. The molecule has 0 aliphatic carbocycles. The van der Waals surface area contributed by atoms with Crippen LogP contribution in [-0.2, 0) is 14.8 Å². The lowest BCUT2D eigenvalue weighted by molar-refractivity contribution is -0.120. The molecule has 1 aliphatic heterocycles. The van der Waals surface area contributed by atoms with Crippen LogP contribution in [0.2, 0.25) is 15.1 Å². The Morgan fingerprint density at radius 2 is 1.81 bits per heavy atom. The maximum atomic E-state index is 13.0. The number of hydrogen-bond donors (Lipinski definition) is 1. The Morgan fingerprint density at radius 3 is 2.56 bits per heavy atom. The number of carbonyl (C=O) groups is 1. The van der Waals surface area contributed by atoms with Gasteiger partial charge in [-0.1, -0.05) is 46.9 Å². The van der Waals surface area contributed by atoms with Crippen LogP contribution in [0.1, 0.15) is 12.8 Å². The van der Waals surface area contributed by atoms with E-state index in [9.17, 15) is 13.2 Å². The number of nitrogens with zero attached hydrogens (tertiary/aromatic N) is 1. The number of benzene rings is 2. The van der Waals surface area contributed by atoms with Gasteiger partial charge in [-0.3, -0.25) is 4.79 Å². The number of para-hydroxylation sites is 1. The summed E-state index contributed by atoms with van der Waals surface area (Å²) in [7, 11) is -3.85. The van der Waals surface area contributed by atoms with Crippen LogP contribution in [0.4, 0.5) is 5.69 Å². The topological polar surface area (TPSA) is 66.5 Å². The van der Waals surface area contributed by atoms with Crippen molar-refractivity contribution in [3.63, 3.8) is 0 Å². The zero-order chi connectivity index (χ0) is 19.6. The highest BCUT2D eigenvalue weighted by Crippen LogP contribution is 2.31. The highest BCUT2D eigenvalue weighted by Gasteiger charge is 2.34. The van der Waals surface area contributed by atoms with Crippen LogP contribution in [0.3, 0.4) is 0 Å². The molecule has 0 bridgehead atoms. The van der Waals surface area contributed by atoms with Crippen LogP contribution in [0.5, 0.6) is 0 Å². The average molecular weight is 448 g/mol. The Morgan fingerprint density at radius 1 is 1.07 bits per heavy atom. The van der Waals surface area contributed by atoms with Crippen LogP contribution in [0.15, 0.2) is 47.4 Å². The highest BCUT2D eigenvalue weighted by atomic mass is 35.5. The van der Waals surface area contributed by atoms with Gasteiger partial charge in [0.2, 0.25) is 15.9 Å². The van der Waals surface area contributed by atoms with Gasteiger partial charge in [0.05, 0.1) is 21.7 Å². The van der Waals surface area contributed by atoms with Crippen molar-refractivity contribution in [2.45, 2.75) is 17.7 Å². The number of anilines is 1. The van der Waals surface area contributed by atoms with Gasteiger partial charge in [-0.15, -0.1) is 0 Å². The SMILES string of the molecule is O=C(Nc1ccccc1Cl)[C@@H]1CCCN(S(=O)(=O)c2cc(Cl)ccc2Cl)C1. The predicted molar refractivity (Wildman–Crippen MR) is 108 cm³/mol. The number of amides is 1. The van der Waals surface area contributed by atoms with Crippen LogP contribution >= 0.6 is 34.8 Å². The van der Waals surface area contributed by atoms with Crippen molar-refractivity contribution in [2.24, 2.45) is 5.92 Å². The van der Waals surface area contributed by atoms with E-state index in [1.807, 2.05) is 0 Å². The molecule has 1 fully saturated rings. The van der Waals surface area contributed by atoms with E-state index in [0.717, 1.165) is 0 Å². The largest absolute Gasteiger partial charge is 0.324 e. The van der Waals surface area contributed by atoms with E-state index in [1.165, 1.54) is 22.5 Å². The fraction of sp³-hybridized carbons (Fsp3) is 0.278. The fourth-order valence-electron chi connectivity index (χ4n) is 2.99. The van der Waals surface area contributed by atoms with Crippen molar-refractivity contribution >= 4 is 56.4 Å². The third-order valence-electron chi connectivity index (χ3n) is 4.40. The Labute approximate surface area is 173 Å². The summed E-state index contributed by atoms with van der Waals surface area (Å²) in [5.41, 5.74) is 0.502. The molecule has 144 valence electrons. The first kappa shape index (κ1) is 20.4. The molecule has 0 saturated carbocycles. The van der Waals surface area contributed by atoms with E-state index in [-0.39, 0.29) is 27.4 Å². The van der Waals surface area contributed by atoms with Crippen LogP contribution in [0.25, 0.3) is 0 Å². The molecule has 27 heavy (non-hydrogen) atoms. The molecule has 2 aromatic rings. The zero-order valence-corrected chi connectivity index (χ0v) is 17.2. The summed E-state index contributed by atoms with van der Waals surface area (Å²) in [6.07, 6.45) is 1.16. The Balaban J connectivity index is 1.78. The molecule has 0 spiro atoms. The maximum absolute atomic E-state index is 13.0. The molecule has 1 heterocycles. The smallest absolute Gasteiger partial charge is 0.244 e. The molecule has 5 nitrogen and oxygen atoms in total. The molecular formula is C18H17Cl3N2O3S. The standard InChI is InChI=1S/C18H17Cl3N2O3S/c19-13-7-8-15(21)17(10-13)27(25,26)23-9-3-4-12(11-23)18(24)22-16-6-2-1-5-14(16)20/h1-2,5-8,10,12H,3-4,9,11H2,(H,22,24)/t12-/m1/s1. The molecule has 1 aliphatic rings. The third kappa shape index (κ3) is 4.58. The monoisotopic (exact) mass is 446 g/mol. The normalized spacial score (nSPS) is 18.3. The van der Waals surface area contributed by atoms with Gasteiger partial charge in [-0.25, -0.2) is 8.42 Å². The summed E-state index contributed by atoms with van der Waals surface area (Å²) in [6.45, 7) is 0.391. The van der Waals surface area contributed by atoms with E-state index >= 15 is 0 Å². The molecule has 0 aromatic heterocycles. The summed E-state index contributed by atoms with van der Waals surface area (Å²) in [6, 6.07) is 11.2. The number of sulfonamides is 1. The highest BCUT2D eigenvalue weighted by molar-refractivity contribution is 7.89. The first-order valence-electron chi connectivity index (χ1n) is 8.29. The second-order valence-electron chi connectivity index (χ2n) is 6.25. The van der Waals surface area contributed by atoms with E-state index in [4.69, 9.17) is 34.8 Å². The molecule has 1 atom stereocenters. The third-order valence-corrected chi connectivity index (χ3v) is 7.31. The molecule has 0 unspecified atom stereocenters. The van der Waals surface area contributed by atoms with E-state index < -0.39 is 15.9 Å². The molecule has 0 radical (unpaired) electrons. The van der Waals surface area contributed by atoms with E-state index in [0.29, 0.717) is 30.1 Å². The average Bonchev–Trinajstić information content (AvgIpc) is 2.65. The van der Waals surface area contributed by atoms with Gasteiger partial charge in [0.25, 0.3) is 0 Å². The Hall–Kier alpha value is -1.31. The van der Waals surface area contributed by atoms with Gasteiger partial charge >= 0.3 is 0 Å². The van der Waals surface area contributed by atoms with Crippen molar-refractivity contribution in [1.82, 2.24) is 4.31 Å². The maximum Gasteiger partial charge on any atom is 0.244 e. The summed E-state index contributed by atoms with van der Waals surface area (Å²) < 4.78 is 27.2. The van der Waals surface area contributed by atoms with Crippen molar-refractivity contribution in [1.29, 1.82) is 0 Å². The number of hydrogen-bond acceptors (Lipinski definition) is 3. The van der Waals surface area contributed by atoms with Crippen LogP contribution < -0.4 is 5.32 Å². The van der Waals surface area contributed by atoms with Gasteiger partial charge in [0, 0.05) is 18.1 Å². The number of piperidine rings is 1. The van der Waals surface area contributed by atoms with Crippen LogP contribution in [0, 0.1) is 5.92 Å². The second-order valence-corrected chi connectivity index (χ2v) is 9.40. The summed E-state index contributed by atoms with van der Waals surface area (Å²) in [5, 5.41) is 3.58. The minimum atomic E-state index is -3.85. The van der Waals surface area contributed by atoms with Crippen molar-refractivity contribution in [3.8, 4) is 0 Å². The molecule has 2 aromatic carbocycles. The van der Waals surface area contributed by atoms with Gasteiger partial charge in [-0.05, 0) is 43.2 Å². The quantitative estimate of drug-likeness (QED) is 0.739. The minimum Gasteiger partial charge on any atom is -0.324 e. The first-order valence-corrected chi connectivity index (χ1v) is 10.9. The van der Waals surface area contributed by atoms with Crippen molar-refractivity contribution in [2.75, 3.05) is 18.4 Å². The Kier molecular flexibility index (Phi) is 6.33. The number of carbonyl (C=O) groups excluding carboxylic acids is 1.